The topological polar surface area (TPSA) is 40.6 Å². The Morgan fingerprint density at radius 3 is 2.41 bits per heavy atom. The van der Waals surface area contributed by atoms with E-state index in [0.29, 0.717) is 12.2 Å². The fraction of sp³-hybridized carbons (Fsp3) is 0.391. The van der Waals surface area contributed by atoms with Crippen molar-refractivity contribution in [3.8, 4) is 0 Å². The van der Waals surface area contributed by atoms with Crippen LogP contribution >= 0.6 is 0 Å². The van der Waals surface area contributed by atoms with Crippen LogP contribution in [0.2, 0.25) is 0 Å². The highest BCUT2D eigenvalue weighted by Crippen LogP contribution is 2.37. The highest BCUT2D eigenvalue weighted by atomic mass is 16.2. The molecule has 2 atom stereocenters. The van der Waals surface area contributed by atoms with Gasteiger partial charge < -0.3 is 4.90 Å². The van der Waals surface area contributed by atoms with Crippen molar-refractivity contribution in [3.05, 3.63) is 65.2 Å². The second-order valence-electron chi connectivity index (χ2n) is 7.87. The molecule has 3 amide bonds. The molecule has 2 aromatic carbocycles. The van der Waals surface area contributed by atoms with Crippen LogP contribution in [0.15, 0.2) is 48.5 Å². The van der Waals surface area contributed by atoms with Crippen LogP contribution in [0.4, 0.5) is 10.5 Å². The van der Waals surface area contributed by atoms with Gasteiger partial charge in [-0.05, 0) is 44.4 Å². The molecule has 0 radical (unpaired) electrons. The SMILES string of the molecule is Cc1ccc(N2C(=O)C3CCCCC3N(Cc3cccc(C)c3)C2=O)cc1. The quantitative estimate of drug-likeness (QED) is 0.784. The summed E-state index contributed by atoms with van der Waals surface area (Å²) in [5.74, 6) is -0.128. The van der Waals surface area contributed by atoms with E-state index in [1.165, 1.54) is 10.5 Å². The van der Waals surface area contributed by atoms with Crippen LogP contribution in [-0.2, 0) is 11.3 Å². The van der Waals surface area contributed by atoms with Crippen molar-refractivity contribution in [2.24, 2.45) is 5.92 Å². The lowest BCUT2D eigenvalue weighted by Gasteiger charge is -2.46. The minimum atomic E-state index is -0.187. The van der Waals surface area contributed by atoms with Gasteiger partial charge in [0.05, 0.1) is 11.6 Å². The maximum absolute atomic E-state index is 13.4. The smallest absolute Gasteiger partial charge is 0.316 e. The lowest BCUT2D eigenvalue weighted by Crippen LogP contribution is -2.62. The summed E-state index contributed by atoms with van der Waals surface area (Å²) in [5, 5.41) is 0. The predicted molar refractivity (Wildman–Crippen MR) is 107 cm³/mol. The van der Waals surface area contributed by atoms with Gasteiger partial charge in [0.25, 0.3) is 0 Å². The van der Waals surface area contributed by atoms with Crippen LogP contribution in [0.1, 0.15) is 42.4 Å². The van der Waals surface area contributed by atoms with Gasteiger partial charge in [-0.15, -0.1) is 0 Å². The molecular formula is C23H26N2O2. The Hall–Kier alpha value is -2.62. The second kappa shape index (κ2) is 7.18. The van der Waals surface area contributed by atoms with Gasteiger partial charge in [-0.25, -0.2) is 9.69 Å². The standard InChI is InChI=1S/C23H26N2O2/c1-16-10-12-19(13-11-16)25-22(26)20-8-3-4-9-21(20)24(23(25)27)15-18-7-5-6-17(2)14-18/h5-7,10-14,20-21H,3-4,8-9,15H2,1-2H3. The van der Waals surface area contributed by atoms with E-state index in [1.807, 2.05) is 42.2 Å². The van der Waals surface area contributed by atoms with Gasteiger partial charge in [0, 0.05) is 12.6 Å². The molecule has 1 aliphatic carbocycles. The van der Waals surface area contributed by atoms with Crippen molar-refractivity contribution in [1.82, 2.24) is 4.90 Å². The van der Waals surface area contributed by atoms with E-state index in [4.69, 9.17) is 0 Å². The Kier molecular flexibility index (Phi) is 4.73. The number of carbonyl (C=O) groups excluding carboxylic acids is 2. The lowest BCUT2D eigenvalue weighted by molar-refractivity contribution is -0.126. The Morgan fingerprint density at radius 2 is 1.67 bits per heavy atom. The van der Waals surface area contributed by atoms with Gasteiger partial charge in [-0.2, -0.15) is 0 Å². The number of fused-ring (bicyclic) bond motifs is 1. The molecule has 27 heavy (non-hydrogen) atoms. The van der Waals surface area contributed by atoms with Crippen molar-refractivity contribution < 1.29 is 9.59 Å². The van der Waals surface area contributed by atoms with E-state index in [9.17, 15) is 9.59 Å². The van der Waals surface area contributed by atoms with Gasteiger partial charge in [-0.1, -0.05) is 60.4 Å². The van der Waals surface area contributed by atoms with E-state index in [1.54, 1.807) is 0 Å². The molecule has 4 nitrogen and oxygen atoms in total. The number of hydrogen-bond acceptors (Lipinski definition) is 2. The number of nitrogens with zero attached hydrogens (tertiary/aromatic N) is 2. The Morgan fingerprint density at radius 1 is 0.926 bits per heavy atom. The number of imide groups is 1. The summed E-state index contributed by atoms with van der Waals surface area (Å²) in [6, 6.07) is 15.8. The summed E-state index contributed by atoms with van der Waals surface area (Å²) >= 11 is 0. The molecule has 1 saturated carbocycles. The first-order valence-electron chi connectivity index (χ1n) is 9.81. The molecule has 2 aromatic rings. The molecule has 2 aliphatic rings. The van der Waals surface area contributed by atoms with E-state index in [-0.39, 0.29) is 23.9 Å². The normalized spacial score (nSPS) is 22.7. The van der Waals surface area contributed by atoms with Crippen molar-refractivity contribution in [2.45, 2.75) is 52.1 Å². The molecule has 0 aromatic heterocycles. The monoisotopic (exact) mass is 362 g/mol. The molecule has 1 saturated heterocycles. The maximum atomic E-state index is 13.4. The number of hydrogen-bond donors (Lipinski definition) is 0. The summed E-state index contributed by atoms with van der Waals surface area (Å²) in [5.41, 5.74) is 4.09. The van der Waals surface area contributed by atoms with Crippen molar-refractivity contribution in [2.75, 3.05) is 4.90 Å². The Bertz CT molecular complexity index is 859. The molecule has 4 rings (SSSR count). The summed E-state index contributed by atoms with van der Waals surface area (Å²) < 4.78 is 0. The third-order valence-corrected chi connectivity index (χ3v) is 5.83. The molecule has 0 bridgehead atoms. The van der Waals surface area contributed by atoms with Gasteiger partial charge >= 0.3 is 6.03 Å². The van der Waals surface area contributed by atoms with Crippen LogP contribution in [0.5, 0.6) is 0 Å². The highest BCUT2D eigenvalue weighted by molar-refractivity contribution is 6.17. The molecule has 2 unspecified atom stereocenters. The minimum absolute atomic E-state index is 0.0148. The maximum Gasteiger partial charge on any atom is 0.331 e. The van der Waals surface area contributed by atoms with Crippen molar-refractivity contribution in [1.29, 1.82) is 0 Å². The van der Waals surface area contributed by atoms with Gasteiger partial charge in [0.1, 0.15) is 0 Å². The molecule has 2 fully saturated rings. The summed E-state index contributed by atoms with van der Waals surface area (Å²) in [6.07, 6.45) is 3.91. The van der Waals surface area contributed by atoms with Crippen molar-refractivity contribution >= 4 is 17.6 Å². The lowest BCUT2D eigenvalue weighted by atomic mass is 9.81. The first kappa shape index (κ1) is 17.8. The average Bonchev–Trinajstić information content (AvgIpc) is 2.67. The number of benzene rings is 2. The number of anilines is 1. The van der Waals surface area contributed by atoms with Gasteiger partial charge in [0.2, 0.25) is 5.91 Å². The zero-order chi connectivity index (χ0) is 19.0. The van der Waals surface area contributed by atoms with Gasteiger partial charge in [0.15, 0.2) is 0 Å². The number of carbonyl (C=O) groups is 2. The predicted octanol–water partition coefficient (Wildman–Crippen LogP) is 4.83. The van der Waals surface area contributed by atoms with Gasteiger partial charge in [-0.3, -0.25) is 4.79 Å². The molecule has 1 aliphatic heterocycles. The molecule has 140 valence electrons. The fourth-order valence-electron chi connectivity index (χ4n) is 4.43. The molecule has 1 heterocycles. The van der Waals surface area contributed by atoms with Crippen LogP contribution in [0.25, 0.3) is 0 Å². The zero-order valence-corrected chi connectivity index (χ0v) is 16.0. The number of aryl methyl sites for hydroxylation is 2. The Labute approximate surface area is 160 Å². The van der Waals surface area contributed by atoms with Crippen LogP contribution in [0.3, 0.4) is 0 Å². The molecule has 4 heteroatoms. The van der Waals surface area contributed by atoms with E-state index in [2.05, 4.69) is 25.1 Å². The highest BCUT2D eigenvalue weighted by Gasteiger charge is 2.47. The molecule has 0 spiro atoms. The van der Waals surface area contributed by atoms with Crippen LogP contribution in [0, 0.1) is 19.8 Å². The first-order valence-corrected chi connectivity index (χ1v) is 9.81. The third-order valence-electron chi connectivity index (χ3n) is 5.83. The van der Waals surface area contributed by atoms with E-state index >= 15 is 0 Å². The molecular weight excluding hydrogens is 336 g/mol. The number of amides is 3. The van der Waals surface area contributed by atoms with Crippen LogP contribution in [-0.4, -0.2) is 22.9 Å². The summed E-state index contributed by atoms with van der Waals surface area (Å²) in [4.78, 5) is 29.9. The number of rotatable bonds is 3. The van der Waals surface area contributed by atoms with E-state index < -0.39 is 0 Å². The van der Waals surface area contributed by atoms with E-state index in [0.717, 1.165) is 36.8 Å². The fourth-order valence-corrected chi connectivity index (χ4v) is 4.43. The van der Waals surface area contributed by atoms with Crippen molar-refractivity contribution in [3.63, 3.8) is 0 Å². The summed E-state index contributed by atoms with van der Waals surface area (Å²) in [6.45, 7) is 4.62. The zero-order valence-electron chi connectivity index (χ0n) is 16.0. The van der Waals surface area contributed by atoms with Crippen LogP contribution < -0.4 is 4.90 Å². The minimum Gasteiger partial charge on any atom is -0.316 e. The molecule has 0 N–H and O–H groups in total. The number of urea groups is 1. The second-order valence-corrected chi connectivity index (χ2v) is 7.87. The first-order chi connectivity index (χ1) is 13.0. The third kappa shape index (κ3) is 3.36. The largest absolute Gasteiger partial charge is 0.331 e. The average molecular weight is 362 g/mol. The Balaban J connectivity index is 1.70. The summed E-state index contributed by atoms with van der Waals surface area (Å²) in [7, 11) is 0.